The van der Waals surface area contributed by atoms with Crippen molar-refractivity contribution in [3.63, 3.8) is 0 Å². The van der Waals surface area contributed by atoms with Gasteiger partial charge < -0.3 is 9.64 Å². The number of amides is 1. The Bertz CT molecular complexity index is 770. The molecule has 26 heavy (non-hydrogen) atoms. The Kier molecular flexibility index (Phi) is 6.00. The third kappa shape index (κ3) is 4.48. The van der Waals surface area contributed by atoms with Crippen molar-refractivity contribution in [2.24, 2.45) is 0 Å². The fourth-order valence-electron chi connectivity index (χ4n) is 3.14. The van der Waals surface area contributed by atoms with Crippen LogP contribution in [0.15, 0.2) is 48.5 Å². The smallest absolute Gasteiger partial charge is 0.253 e. The van der Waals surface area contributed by atoms with Gasteiger partial charge in [-0.3, -0.25) is 9.69 Å². The second kappa shape index (κ2) is 8.61. The van der Waals surface area contributed by atoms with Gasteiger partial charge in [0.25, 0.3) is 5.91 Å². The van der Waals surface area contributed by atoms with Crippen LogP contribution in [-0.4, -0.2) is 49.0 Å². The minimum absolute atomic E-state index is 0.0898. The summed E-state index contributed by atoms with van der Waals surface area (Å²) in [6, 6.07) is 17.5. The summed E-state index contributed by atoms with van der Waals surface area (Å²) in [5.74, 6) is 0.0898. The molecule has 134 valence electrons. The van der Waals surface area contributed by atoms with Crippen molar-refractivity contribution in [1.29, 1.82) is 5.26 Å². The van der Waals surface area contributed by atoms with Gasteiger partial charge in [-0.05, 0) is 35.4 Å². The summed E-state index contributed by atoms with van der Waals surface area (Å²) in [5.41, 5.74) is 3.67. The standard InChI is InChI=1S/C21H23N3O2/c1-26-16-19-6-8-20(9-7-19)21(25)24-12-10-23(11-13-24)15-18-4-2-17(14-22)3-5-18/h2-9H,10-13,15-16H2,1H3. The summed E-state index contributed by atoms with van der Waals surface area (Å²) in [6.07, 6.45) is 0. The van der Waals surface area contributed by atoms with E-state index >= 15 is 0 Å². The monoisotopic (exact) mass is 349 g/mol. The molecule has 0 bridgehead atoms. The van der Waals surface area contributed by atoms with Gasteiger partial charge in [-0.1, -0.05) is 24.3 Å². The van der Waals surface area contributed by atoms with E-state index in [0.717, 1.165) is 43.9 Å². The van der Waals surface area contributed by atoms with Crippen LogP contribution in [0, 0.1) is 11.3 Å². The zero-order valence-corrected chi connectivity index (χ0v) is 15.0. The average molecular weight is 349 g/mol. The summed E-state index contributed by atoms with van der Waals surface area (Å²) in [4.78, 5) is 16.9. The molecule has 1 aliphatic heterocycles. The molecule has 5 heteroatoms. The van der Waals surface area contributed by atoms with Gasteiger partial charge in [-0.25, -0.2) is 0 Å². The summed E-state index contributed by atoms with van der Waals surface area (Å²) in [6.45, 7) is 4.58. The molecule has 0 saturated carbocycles. The summed E-state index contributed by atoms with van der Waals surface area (Å²) < 4.78 is 5.10. The van der Waals surface area contributed by atoms with Crippen LogP contribution in [0.5, 0.6) is 0 Å². The summed E-state index contributed by atoms with van der Waals surface area (Å²) in [7, 11) is 1.66. The van der Waals surface area contributed by atoms with Gasteiger partial charge in [0.05, 0.1) is 18.2 Å². The van der Waals surface area contributed by atoms with E-state index in [1.165, 1.54) is 5.56 Å². The molecule has 1 saturated heterocycles. The van der Waals surface area contributed by atoms with Crippen molar-refractivity contribution in [3.8, 4) is 6.07 Å². The van der Waals surface area contributed by atoms with Gasteiger partial charge in [0.1, 0.15) is 0 Å². The molecule has 1 amide bonds. The second-order valence-electron chi connectivity index (χ2n) is 6.51. The molecule has 1 heterocycles. The number of piperazine rings is 1. The fraction of sp³-hybridized carbons (Fsp3) is 0.333. The number of hydrogen-bond donors (Lipinski definition) is 0. The fourth-order valence-corrected chi connectivity index (χ4v) is 3.14. The van der Waals surface area contributed by atoms with E-state index in [0.29, 0.717) is 12.2 Å². The highest BCUT2D eigenvalue weighted by molar-refractivity contribution is 5.94. The van der Waals surface area contributed by atoms with Crippen molar-refractivity contribution in [1.82, 2.24) is 9.80 Å². The van der Waals surface area contributed by atoms with Crippen LogP contribution < -0.4 is 0 Å². The van der Waals surface area contributed by atoms with Crippen LogP contribution in [-0.2, 0) is 17.9 Å². The summed E-state index contributed by atoms with van der Waals surface area (Å²) in [5, 5.41) is 8.86. The molecular formula is C21H23N3O2. The minimum atomic E-state index is 0.0898. The van der Waals surface area contributed by atoms with E-state index < -0.39 is 0 Å². The van der Waals surface area contributed by atoms with Crippen LogP contribution >= 0.6 is 0 Å². The number of rotatable bonds is 5. The SMILES string of the molecule is COCc1ccc(C(=O)N2CCN(Cc3ccc(C#N)cc3)CC2)cc1. The van der Waals surface area contributed by atoms with Crippen molar-refractivity contribution < 1.29 is 9.53 Å². The molecule has 3 rings (SSSR count). The number of ether oxygens (including phenoxy) is 1. The molecule has 0 unspecified atom stereocenters. The molecule has 0 aromatic heterocycles. The molecule has 5 nitrogen and oxygen atoms in total. The van der Waals surface area contributed by atoms with E-state index in [-0.39, 0.29) is 5.91 Å². The number of nitrogens with zero attached hydrogens (tertiary/aromatic N) is 3. The third-order valence-electron chi connectivity index (χ3n) is 4.66. The Morgan fingerprint density at radius 3 is 2.19 bits per heavy atom. The Hall–Kier alpha value is -2.68. The minimum Gasteiger partial charge on any atom is -0.380 e. The van der Waals surface area contributed by atoms with Crippen LogP contribution in [0.25, 0.3) is 0 Å². The van der Waals surface area contributed by atoms with Crippen LogP contribution in [0.2, 0.25) is 0 Å². The van der Waals surface area contributed by atoms with Crippen LogP contribution in [0.4, 0.5) is 0 Å². The molecule has 1 fully saturated rings. The molecule has 0 radical (unpaired) electrons. The lowest BCUT2D eigenvalue weighted by Gasteiger charge is -2.34. The maximum atomic E-state index is 12.6. The highest BCUT2D eigenvalue weighted by Crippen LogP contribution is 2.13. The molecule has 0 N–H and O–H groups in total. The largest absolute Gasteiger partial charge is 0.380 e. The van der Waals surface area contributed by atoms with Crippen LogP contribution in [0.3, 0.4) is 0 Å². The topological polar surface area (TPSA) is 56.6 Å². The zero-order valence-electron chi connectivity index (χ0n) is 15.0. The normalized spacial score (nSPS) is 14.8. The Labute approximate surface area is 154 Å². The van der Waals surface area contributed by atoms with Crippen molar-refractivity contribution in [3.05, 3.63) is 70.8 Å². The van der Waals surface area contributed by atoms with Crippen molar-refractivity contribution in [2.75, 3.05) is 33.3 Å². The first-order valence-corrected chi connectivity index (χ1v) is 8.78. The maximum absolute atomic E-state index is 12.6. The number of carbonyl (C=O) groups is 1. The number of hydrogen-bond acceptors (Lipinski definition) is 4. The average Bonchev–Trinajstić information content (AvgIpc) is 2.69. The van der Waals surface area contributed by atoms with Gasteiger partial charge in [0, 0.05) is 45.4 Å². The number of benzene rings is 2. The molecular weight excluding hydrogens is 326 g/mol. The second-order valence-corrected chi connectivity index (χ2v) is 6.51. The van der Waals surface area contributed by atoms with Crippen molar-refractivity contribution >= 4 is 5.91 Å². The summed E-state index contributed by atoms with van der Waals surface area (Å²) >= 11 is 0. The Morgan fingerprint density at radius 2 is 1.62 bits per heavy atom. The lowest BCUT2D eigenvalue weighted by molar-refractivity contribution is 0.0628. The Balaban J connectivity index is 1.52. The van der Waals surface area contributed by atoms with Gasteiger partial charge >= 0.3 is 0 Å². The highest BCUT2D eigenvalue weighted by Gasteiger charge is 2.22. The van der Waals surface area contributed by atoms with E-state index in [2.05, 4.69) is 11.0 Å². The molecule has 1 aliphatic rings. The van der Waals surface area contributed by atoms with Gasteiger partial charge in [0.15, 0.2) is 0 Å². The lowest BCUT2D eigenvalue weighted by Crippen LogP contribution is -2.48. The van der Waals surface area contributed by atoms with E-state index in [9.17, 15) is 4.79 Å². The zero-order chi connectivity index (χ0) is 18.4. The first-order chi connectivity index (χ1) is 12.7. The van der Waals surface area contributed by atoms with E-state index in [1.54, 1.807) is 7.11 Å². The van der Waals surface area contributed by atoms with Gasteiger partial charge in [0.2, 0.25) is 0 Å². The Morgan fingerprint density at radius 1 is 1.00 bits per heavy atom. The van der Waals surface area contributed by atoms with Crippen molar-refractivity contribution in [2.45, 2.75) is 13.2 Å². The molecule has 0 atom stereocenters. The molecule has 0 spiro atoms. The predicted molar refractivity (Wildman–Crippen MR) is 99.5 cm³/mol. The van der Waals surface area contributed by atoms with Gasteiger partial charge in [-0.15, -0.1) is 0 Å². The molecule has 0 aliphatic carbocycles. The molecule has 2 aromatic carbocycles. The first kappa shape index (κ1) is 18.1. The highest BCUT2D eigenvalue weighted by atomic mass is 16.5. The first-order valence-electron chi connectivity index (χ1n) is 8.78. The maximum Gasteiger partial charge on any atom is 0.253 e. The van der Waals surface area contributed by atoms with Gasteiger partial charge in [-0.2, -0.15) is 5.26 Å². The number of nitriles is 1. The lowest BCUT2D eigenvalue weighted by atomic mass is 10.1. The predicted octanol–water partition coefficient (Wildman–Crippen LogP) is 2.66. The number of methoxy groups -OCH3 is 1. The van der Waals surface area contributed by atoms with E-state index in [4.69, 9.17) is 10.00 Å². The van der Waals surface area contributed by atoms with Crippen LogP contribution in [0.1, 0.15) is 27.0 Å². The molecule has 2 aromatic rings. The quantitative estimate of drug-likeness (QED) is 0.833. The third-order valence-corrected chi connectivity index (χ3v) is 4.66. The number of carbonyl (C=O) groups excluding carboxylic acids is 1. The van der Waals surface area contributed by atoms with E-state index in [1.807, 2.05) is 53.4 Å².